The number of rotatable bonds is 8. The van der Waals surface area contributed by atoms with Gasteiger partial charge in [-0.3, -0.25) is 9.79 Å². The molecular weight excluding hydrogens is 376 g/mol. The van der Waals surface area contributed by atoms with E-state index in [1.165, 1.54) is 11.1 Å². The fourth-order valence-corrected chi connectivity index (χ4v) is 3.66. The van der Waals surface area contributed by atoms with E-state index in [9.17, 15) is 4.79 Å². The number of carbonyl (C=O) groups excluding carboxylic acids is 1. The van der Waals surface area contributed by atoms with Crippen molar-refractivity contribution in [3.63, 3.8) is 0 Å². The number of carbonyl (C=O) groups is 1. The summed E-state index contributed by atoms with van der Waals surface area (Å²) in [5, 5.41) is 6.48. The molecule has 0 atom stereocenters. The molecule has 3 rings (SSSR count). The number of hydrogen-bond donors (Lipinski definition) is 2. The molecule has 6 heteroatoms. The van der Waals surface area contributed by atoms with Gasteiger partial charge in [-0.2, -0.15) is 0 Å². The predicted octanol–water partition coefficient (Wildman–Crippen LogP) is 3.67. The summed E-state index contributed by atoms with van der Waals surface area (Å²) in [4.78, 5) is 18.6. The van der Waals surface area contributed by atoms with Gasteiger partial charge in [0.15, 0.2) is 12.6 Å². The van der Waals surface area contributed by atoms with Crippen LogP contribution in [0.5, 0.6) is 5.75 Å². The number of nitrogens with zero attached hydrogens (tertiary/aromatic N) is 2. The van der Waals surface area contributed by atoms with Crippen LogP contribution in [0.25, 0.3) is 0 Å². The zero-order valence-electron chi connectivity index (χ0n) is 18.3. The van der Waals surface area contributed by atoms with Crippen LogP contribution in [0.2, 0.25) is 0 Å². The summed E-state index contributed by atoms with van der Waals surface area (Å²) in [5.74, 6) is 1.56. The molecule has 0 aromatic heterocycles. The van der Waals surface area contributed by atoms with E-state index in [1.807, 2.05) is 56.9 Å². The molecule has 0 saturated heterocycles. The average molecular weight is 409 g/mol. The fraction of sp³-hybridized carbons (Fsp3) is 0.417. The second-order valence-corrected chi connectivity index (χ2v) is 8.08. The molecule has 2 aromatic rings. The second kappa shape index (κ2) is 10.1. The lowest BCUT2D eigenvalue weighted by Gasteiger charge is -2.30. The number of hydrogen-bond acceptors (Lipinski definition) is 5. The van der Waals surface area contributed by atoms with Gasteiger partial charge in [0.1, 0.15) is 5.75 Å². The molecule has 6 nitrogen and oxygen atoms in total. The fourth-order valence-electron chi connectivity index (χ4n) is 3.66. The normalized spacial score (nSPS) is 13.2. The molecule has 1 amide bonds. The van der Waals surface area contributed by atoms with Gasteiger partial charge in [0.25, 0.3) is 5.91 Å². The highest BCUT2D eigenvalue weighted by atomic mass is 16.5. The summed E-state index contributed by atoms with van der Waals surface area (Å²) in [6, 6.07) is 16.6. The van der Waals surface area contributed by atoms with Crippen molar-refractivity contribution >= 4 is 17.6 Å². The zero-order chi connectivity index (χ0) is 21.5. The van der Waals surface area contributed by atoms with Crippen molar-refractivity contribution in [2.75, 3.05) is 25.0 Å². The maximum Gasteiger partial charge on any atom is 0.260 e. The Labute approximate surface area is 179 Å². The van der Waals surface area contributed by atoms with E-state index in [4.69, 9.17) is 4.74 Å². The number of aliphatic imine (C=N–C) groups is 1. The maximum absolute atomic E-state index is 12.4. The van der Waals surface area contributed by atoms with E-state index in [0.29, 0.717) is 5.75 Å². The molecule has 1 aliphatic rings. The van der Waals surface area contributed by atoms with Gasteiger partial charge < -0.3 is 20.3 Å². The van der Waals surface area contributed by atoms with Crippen LogP contribution in [0.3, 0.4) is 0 Å². The number of benzene rings is 2. The van der Waals surface area contributed by atoms with E-state index in [0.717, 1.165) is 31.2 Å². The molecule has 160 valence electrons. The molecule has 0 fully saturated rings. The first-order chi connectivity index (χ1) is 14.4. The largest absolute Gasteiger partial charge is 0.484 e. The van der Waals surface area contributed by atoms with E-state index in [2.05, 4.69) is 39.9 Å². The molecule has 30 heavy (non-hydrogen) atoms. The molecule has 2 aromatic carbocycles. The highest BCUT2D eigenvalue weighted by Crippen LogP contribution is 2.18. The Hall–Kier alpha value is -3.02. The van der Waals surface area contributed by atoms with Gasteiger partial charge in [0.05, 0.1) is 6.54 Å². The molecule has 0 spiro atoms. The predicted molar refractivity (Wildman–Crippen MR) is 122 cm³/mol. The Morgan fingerprint density at radius 1 is 1.03 bits per heavy atom. The minimum absolute atomic E-state index is 0.0107. The SMILES string of the molecule is CC(C)N(C(=O)COc1ccc(Cc2ccc(NC3=NCCN3)cc2)cc1)C(C)C. The summed E-state index contributed by atoms with van der Waals surface area (Å²) in [5.41, 5.74) is 3.45. The van der Waals surface area contributed by atoms with Gasteiger partial charge in [-0.1, -0.05) is 24.3 Å². The third kappa shape index (κ3) is 5.99. The van der Waals surface area contributed by atoms with Crippen molar-refractivity contribution < 1.29 is 9.53 Å². The summed E-state index contributed by atoms with van der Waals surface area (Å²) >= 11 is 0. The maximum atomic E-state index is 12.4. The van der Waals surface area contributed by atoms with Crippen LogP contribution in [0, 0.1) is 0 Å². The Bertz CT molecular complexity index is 850. The topological polar surface area (TPSA) is 66.0 Å². The highest BCUT2D eigenvalue weighted by Gasteiger charge is 2.20. The minimum atomic E-state index is 0.0107. The molecule has 0 unspecified atom stereocenters. The average Bonchev–Trinajstić information content (AvgIpc) is 3.21. The van der Waals surface area contributed by atoms with Crippen LogP contribution in [0.4, 0.5) is 5.69 Å². The molecule has 0 saturated carbocycles. The van der Waals surface area contributed by atoms with E-state index < -0.39 is 0 Å². The van der Waals surface area contributed by atoms with Crippen molar-refractivity contribution in [2.45, 2.75) is 46.2 Å². The van der Waals surface area contributed by atoms with E-state index >= 15 is 0 Å². The Morgan fingerprint density at radius 2 is 1.63 bits per heavy atom. The molecule has 1 heterocycles. The summed E-state index contributed by atoms with van der Waals surface area (Å²) < 4.78 is 5.72. The number of guanidine groups is 1. The number of nitrogens with one attached hydrogen (secondary N) is 2. The third-order valence-corrected chi connectivity index (χ3v) is 4.99. The molecular formula is C24H32N4O2. The molecule has 0 radical (unpaired) electrons. The van der Waals surface area contributed by atoms with Crippen molar-refractivity contribution in [1.29, 1.82) is 0 Å². The first kappa shape index (κ1) is 21.7. The Balaban J connectivity index is 1.51. The minimum Gasteiger partial charge on any atom is -0.484 e. The van der Waals surface area contributed by atoms with Gasteiger partial charge in [-0.05, 0) is 69.5 Å². The van der Waals surface area contributed by atoms with Crippen LogP contribution < -0.4 is 15.4 Å². The van der Waals surface area contributed by atoms with Crippen LogP contribution in [-0.4, -0.2) is 48.5 Å². The first-order valence-corrected chi connectivity index (χ1v) is 10.6. The summed E-state index contributed by atoms with van der Waals surface area (Å²) in [6.07, 6.45) is 0.840. The molecule has 2 N–H and O–H groups in total. The summed E-state index contributed by atoms with van der Waals surface area (Å²) in [7, 11) is 0. The molecule has 1 aliphatic heterocycles. The van der Waals surface area contributed by atoms with Crippen LogP contribution in [0.15, 0.2) is 53.5 Å². The number of amides is 1. The van der Waals surface area contributed by atoms with Gasteiger partial charge in [0.2, 0.25) is 0 Å². The standard InChI is InChI=1S/C24H32N4O2/c1-17(2)28(18(3)4)23(29)16-30-22-11-7-20(8-12-22)15-19-5-9-21(10-6-19)27-24-25-13-14-26-24/h5-12,17-18H,13-16H2,1-4H3,(H2,25,26,27). The Kier molecular flexibility index (Phi) is 7.33. The smallest absolute Gasteiger partial charge is 0.260 e. The van der Waals surface area contributed by atoms with Crippen LogP contribution >= 0.6 is 0 Å². The monoisotopic (exact) mass is 408 g/mol. The van der Waals surface area contributed by atoms with Crippen molar-refractivity contribution in [3.8, 4) is 5.75 Å². The van der Waals surface area contributed by atoms with Crippen LogP contribution in [-0.2, 0) is 11.2 Å². The van der Waals surface area contributed by atoms with Crippen molar-refractivity contribution in [1.82, 2.24) is 10.2 Å². The lowest BCUT2D eigenvalue weighted by atomic mass is 10.0. The van der Waals surface area contributed by atoms with E-state index in [1.54, 1.807) is 0 Å². The van der Waals surface area contributed by atoms with Gasteiger partial charge in [-0.15, -0.1) is 0 Å². The van der Waals surface area contributed by atoms with Gasteiger partial charge in [-0.25, -0.2) is 0 Å². The lowest BCUT2D eigenvalue weighted by molar-refractivity contribution is -0.136. The quantitative estimate of drug-likeness (QED) is 0.699. The number of ether oxygens (including phenoxy) is 1. The van der Waals surface area contributed by atoms with Gasteiger partial charge in [0, 0.05) is 24.3 Å². The van der Waals surface area contributed by atoms with Crippen molar-refractivity contribution in [3.05, 3.63) is 59.7 Å². The highest BCUT2D eigenvalue weighted by molar-refractivity contribution is 5.94. The van der Waals surface area contributed by atoms with Crippen molar-refractivity contribution in [2.24, 2.45) is 4.99 Å². The van der Waals surface area contributed by atoms with Crippen LogP contribution in [0.1, 0.15) is 38.8 Å². The first-order valence-electron chi connectivity index (χ1n) is 10.6. The third-order valence-electron chi connectivity index (χ3n) is 4.99. The summed E-state index contributed by atoms with van der Waals surface area (Å²) in [6.45, 7) is 9.86. The second-order valence-electron chi connectivity index (χ2n) is 8.08. The zero-order valence-corrected chi connectivity index (χ0v) is 18.3. The lowest BCUT2D eigenvalue weighted by Crippen LogP contribution is -2.44. The number of anilines is 1. The van der Waals surface area contributed by atoms with Gasteiger partial charge >= 0.3 is 0 Å². The molecule has 0 aliphatic carbocycles. The Morgan fingerprint density at radius 3 is 2.17 bits per heavy atom. The molecule has 0 bridgehead atoms. The van der Waals surface area contributed by atoms with E-state index in [-0.39, 0.29) is 24.6 Å².